The van der Waals surface area contributed by atoms with Gasteiger partial charge in [0.15, 0.2) is 0 Å². The number of phenolic OH excluding ortho intramolecular Hbond substituents is 1. The third-order valence-electron chi connectivity index (χ3n) is 2.14. The highest BCUT2D eigenvalue weighted by atomic mass is 16.6. The van der Waals surface area contributed by atoms with Gasteiger partial charge in [-0.15, -0.1) is 0 Å². The van der Waals surface area contributed by atoms with Crippen molar-refractivity contribution >= 4 is 6.09 Å². The average Bonchev–Trinajstić information content (AvgIpc) is 2.14. The van der Waals surface area contributed by atoms with Crippen LogP contribution in [0.4, 0.5) is 4.79 Å². The van der Waals surface area contributed by atoms with Gasteiger partial charge in [-0.25, -0.2) is 4.79 Å². The average molecular weight is 237 g/mol. The molecule has 4 nitrogen and oxygen atoms in total. The van der Waals surface area contributed by atoms with Gasteiger partial charge in [0.1, 0.15) is 11.4 Å². The van der Waals surface area contributed by atoms with Crippen molar-refractivity contribution in [3.05, 3.63) is 29.8 Å². The highest BCUT2D eigenvalue weighted by Crippen LogP contribution is 2.23. The molecular formula is C13H19NO3. The monoisotopic (exact) mass is 237 g/mol. The van der Waals surface area contributed by atoms with Gasteiger partial charge in [0, 0.05) is 5.56 Å². The van der Waals surface area contributed by atoms with Crippen molar-refractivity contribution in [1.82, 2.24) is 5.32 Å². The molecule has 0 aliphatic carbocycles. The number of benzene rings is 1. The fourth-order valence-corrected chi connectivity index (χ4v) is 1.42. The van der Waals surface area contributed by atoms with E-state index in [9.17, 15) is 9.90 Å². The summed E-state index contributed by atoms with van der Waals surface area (Å²) in [4.78, 5) is 11.5. The van der Waals surface area contributed by atoms with E-state index in [4.69, 9.17) is 4.74 Å². The van der Waals surface area contributed by atoms with Gasteiger partial charge >= 0.3 is 6.09 Å². The zero-order chi connectivity index (χ0) is 13.1. The van der Waals surface area contributed by atoms with E-state index in [1.165, 1.54) is 0 Å². The molecule has 17 heavy (non-hydrogen) atoms. The van der Waals surface area contributed by atoms with Crippen molar-refractivity contribution in [2.24, 2.45) is 0 Å². The number of nitrogens with one attached hydrogen (secondary N) is 1. The van der Waals surface area contributed by atoms with Crippen LogP contribution >= 0.6 is 0 Å². The minimum absolute atomic E-state index is 0.163. The fourth-order valence-electron chi connectivity index (χ4n) is 1.42. The van der Waals surface area contributed by atoms with Gasteiger partial charge in [-0.05, 0) is 33.8 Å². The molecule has 2 N–H and O–H groups in total. The predicted octanol–water partition coefficient (Wildman–Crippen LogP) is 2.98. The number of para-hydroxylation sites is 1. The van der Waals surface area contributed by atoms with E-state index in [0.29, 0.717) is 5.56 Å². The molecule has 0 unspecified atom stereocenters. The third kappa shape index (κ3) is 4.34. The Morgan fingerprint density at radius 2 is 1.94 bits per heavy atom. The van der Waals surface area contributed by atoms with Gasteiger partial charge in [0.05, 0.1) is 6.04 Å². The first-order valence-corrected chi connectivity index (χ1v) is 5.57. The summed E-state index contributed by atoms with van der Waals surface area (Å²) in [6, 6.07) is 6.59. The van der Waals surface area contributed by atoms with Gasteiger partial charge in [-0.2, -0.15) is 0 Å². The molecule has 0 saturated carbocycles. The Balaban J connectivity index is 2.64. The maximum Gasteiger partial charge on any atom is 0.408 e. The number of carbonyl (C=O) groups is 1. The summed E-state index contributed by atoms with van der Waals surface area (Å²) in [5, 5.41) is 12.3. The summed E-state index contributed by atoms with van der Waals surface area (Å²) in [5.41, 5.74) is 0.140. The number of amides is 1. The van der Waals surface area contributed by atoms with Crippen LogP contribution in [0.2, 0.25) is 0 Å². The largest absolute Gasteiger partial charge is 0.508 e. The number of hydrogen-bond donors (Lipinski definition) is 2. The van der Waals surface area contributed by atoms with E-state index in [2.05, 4.69) is 5.32 Å². The van der Waals surface area contributed by atoms with Crippen LogP contribution in [-0.4, -0.2) is 16.8 Å². The maximum absolute atomic E-state index is 11.5. The first-order valence-electron chi connectivity index (χ1n) is 5.57. The lowest BCUT2D eigenvalue weighted by atomic mass is 10.1. The van der Waals surface area contributed by atoms with Crippen LogP contribution in [0.5, 0.6) is 5.75 Å². The molecular weight excluding hydrogens is 218 g/mol. The second-order valence-corrected chi connectivity index (χ2v) is 4.93. The van der Waals surface area contributed by atoms with Gasteiger partial charge in [0.25, 0.3) is 0 Å². The fraction of sp³-hybridized carbons (Fsp3) is 0.462. The van der Waals surface area contributed by atoms with E-state index in [0.717, 1.165) is 0 Å². The Labute approximate surface area is 102 Å². The van der Waals surface area contributed by atoms with Crippen LogP contribution < -0.4 is 5.32 Å². The van der Waals surface area contributed by atoms with Crippen molar-refractivity contribution in [2.75, 3.05) is 0 Å². The van der Waals surface area contributed by atoms with Crippen LogP contribution in [0.15, 0.2) is 24.3 Å². The summed E-state index contributed by atoms with van der Waals surface area (Å²) < 4.78 is 5.14. The number of rotatable bonds is 2. The number of alkyl carbamates (subject to hydrolysis) is 1. The van der Waals surface area contributed by atoms with Crippen molar-refractivity contribution in [1.29, 1.82) is 0 Å². The predicted molar refractivity (Wildman–Crippen MR) is 65.9 cm³/mol. The summed E-state index contributed by atoms with van der Waals surface area (Å²) in [5.74, 6) is 0.163. The van der Waals surface area contributed by atoms with Crippen molar-refractivity contribution in [3.8, 4) is 5.75 Å². The SMILES string of the molecule is C[C@@H](NC(=O)OC(C)(C)C)c1ccccc1O. The van der Waals surface area contributed by atoms with Crippen LogP contribution in [0.3, 0.4) is 0 Å². The van der Waals surface area contributed by atoms with Crippen molar-refractivity contribution in [3.63, 3.8) is 0 Å². The molecule has 0 aromatic heterocycles. The summed E-state index contributed by atoms with van der Waals surface area (Å²) in [7, 11) is 0. The van der Waals surface area contributed by atoms with Crippen LogP contribution in [-0.2, 0) is 4.74 Å². The molecule has 1 atom stereocenters. The molecule has 1 rings (SSSR count). The normalized spacial score (nSPS) is 12.9. The molecule has 0 heterocycles. The van der Waals surface area contributed by atoms with E-state index in [1.54, 1.807) is 45.9 Å². The number of phenols is 1. The molecule has 0 saturated heterocycles. The Hall–Kier alpha value is -1.71. The van der Waals surface area contributed by atoms with Gasteiger partial charge in [-0.1, -0.05) is 18.2 Å². The molecule has 4 heteroatoms. The second-order valence-electron chi connectivity index (χ2n) is 4.93. The zero-order valence-electron chi connectivity index (χ0n) is 10.7. The number of ether oxygens (including phenoxy) is 1. The molecule has 0 aliphatic rings. The Kier molecular flexibility index (Phi) is 3.99. The first kappa shape index (κ1) is 13.4. The van der Waals surface area contributed by atoms with Crippen LogP contribution in [0.1, 0.15) is 39.3 Å². The lowest BCUT2D eigenvalue weighted by molar-refractivity contribution is 0.0507. The van der Waals surface area contributed by atoms with Crippen LogP contribution in [0, 0.1) is 0 Å². The molecule has 0 spiro atoms. The molecule has 0 aliphatic heterocycles. The van der Waals surface area contributed by atoms with E-state index in [1.807, 2.05) is 6.07 Å². The molecule has 0 fully saturated rings. The zero-order valence-corrected chi connectivity index (χ0v) is 10.7. The topological polar surface area (TPSA) is 58.6 Å². The molecule has 94 valence electrons. The highest BCUT2D eigenvalue weighted by molar-refractivity contribution is 5.68. The standard InChI is InChI=1S/C13H19NO3/c1-9(10-7-5-6-8-11(10)15)14-12(16)17-13(2,3)4/h5-9,15H,1-4H3,(H,14,16)/t9-/m1/s1. The van der Waals surface area contributed by atoms with E-state index < -0.39 is 11.7 Å². The minimum atomic E-state index is -0.525. The maximum atomic E-state index is 11.5. The lowest BCUT2D eigenvalue weighted by Crippen LogP contribution is -2.34. The molecule has 1 aromatic carbocycles. The summed E-state index contributed by atoms with van der Waals surface area (Å²) in [6.45, 7) is 7.20. The molecule has 0 bridgehead atoms. The Morgan fingerprint density at radius 3 is 2.47 bits per heavy atom. The molecule has 1 aromatic rings. The Bertz CT molecular complexity index is 396. The Morgan fingerprint density at radius 1 is 1.35 bits per heavy atom. The number of carbonyl (C=O) groups excluding carboxylic acids is 1. The second kappa shape index (κ2) is 5.08. The summed E-state index contributed by atoms with van der Waals surface area (Å²) in [6.07, 6.45) is -0.492. The number of hydrogen-bond acceptors (Lipinski definition) is 3. The minimum Gasteiger partial charge on any atom is -0.508 e. The lowest BCUT2D eigenvalue weighted by Gasteiger charge is -2.22. The van der Waals surface area contributed by atoms with Gasteiger partial charge in [-0.3, -0.25) is 0 Å². The molecule has 0 radical (unpaired) electrons. The van der Waals surface area contributed by atoms with E-state index >= 15 is 0 Å². The number of aromatic hydroxyl groups is 1. The third-order valence-corrected chi connectivity index (χ3v) is 2.14. The van der Waals surface area contributed by atoms with Gasteiger partial charge in [0.2, 0.25) is 0 Å². The smallest absolute Gasteiger partial charge is 0.408 e. The van der Waals surface area contributed by atoms with Crippen molar-refractivity contribution < 1.29 is 14.6 Å². The van der Waals surface area contributed by atoms with Crippen molar-refractivity contribution in [2.45, 2.75) is 39.3 Å². The first-order chi connectivity index (χ1) is 7.79. The van der Waals surface area contributed by atoms with Crippen LogP contribution in [0.25, 0.3) is 0 Å². The summed E-state index contributed by atoms with van der Waals surface area (Å²) >= 11 is 0. The van der Waals surface area contributed by atoms with E-state index in [-0.39, 0.29) is 11.8 Å². The highest BCUT2D eigenvalue weighted by Gasteiger charge is 2.19. The van der Waals surface area contributed by atoms with Gasteiger partial charge < -0.3 is 15.2 Å². The molecule has 1 amide bonds. The quantitative estimate of drug-likeness (QED) is 0.831.